The van der Waals surface area contributed by atoms with Crippen LogP contribution in [0.1, 0.15) is 97.5 Å². The first-order valence-corrected chi connectivity index (χ1v) is 22.8. The average Bonchev–Trinajstić information content (AvgIpc) is 3.62. The molecular formula is C50H57N3O11. The molecule has 0 aromatic heterocycles. The van der Waals surface area contributed by atoms with Crippen molar-refractivity contribution in [2.24, 2.45) is 11.3 Å². The smallest absolute Gasteiger partial charge is 0.327 e. The molecule has 3 aromatic carbocycles. The fraction of sp³-hybridized carbons (Fsp3) is 0.520. The van der Waals surface area contributed by atoms with E-state index < -0.39 is 71.1 Å². The molecule has 3 aromatic rings. The van der Waals surface area contributed by atoms with Gasteiger partial charge >= 0.3 is 11.9 Å². The van der Waals surface area contributed by atoms with Crippen LogP contribution < -0.4 is 10.6 Å². The number of hydrogen-bond acceptors (Lipinski definition) is 12. The molecule has 10 rings (SSSR count). The van der Waals surface area contributed by atoms with Crippen LogP contribution in [0.3, 0.4) is 0 Å². The maximum Gasteiger partial charge on any atom is 0.327 e. The van der Waals surface area contributed by atoms with E-state index in [-0.39, 0.29) is 44.9 Å². The fourth-order valence-corrected chi connectivity index (χ4v) is 10.9. The summed E-state index contributed by atoms with van der Waals surface area (Å²) in [5.74, 6) is -2.26. The molecule has 2 bridgehead atoms. The van der Waals surface area contributed by atoms with Gasteiger partial charge in [-0.1, -0.05) is 72.8 Å². The normalized spacial score (nSPS) is 31.2. The monoisotopic (exact) mass is 875 g/mol. The minimum Gasteiger partial charge on any atom is -0.460 e. The van der Waals surface area contributed by atoms with Gasteiger partial charge in [-0.15, -0.1) is 0 Å². The minimum absolute atomic E-state index is 0.0308. The Kier molecular flexibility index (Phi) is 11.3. The molecule has 4 aliphatic heterocycles. The molecule has 2 amide bonds. The highest BCUT2D eigenvalue weighted by Crippen LogP contribution is 2.58. The number of nitrogens with zero attached hydrogens (tertiary/aromatic N) is 1. The quantitative estimate of drug-likeness (QED) is 0.157. The summed E-state index contributed by atoms with van der Waals surface area (Å²) in [4.78, 5) is 61.7. The summed E-state index contributed by atoms with van der Waals surface area (Å²) in [6.07, 6.45) is 7.16. The van der Waals surface area contributed by atoms with E-state index in [9.17, 15) is 24.3 Å². The SMILES string of the molecule is CC(C)(C)OC(=O)CCC(CO)NC(=O)c1cccc(CNC(=O)C23CC4OC(=O)C2N(Cc2ccc(C=CC5CCC6OC6C5)cc2)OC3C2OC3(Cc5ccccc5C3)OC42)c1. The third kappa shape index (κ3) is 8.40. The number of carbonyl (C=O) groups is 4. The van der Waals surface area contributed by atoms with Crippen LogP contribution in [0.5, 0.6) is 0 Å². The highest BCUT2D eigenvalue weighted by Gasteiger charge is 2.76. The number of hydrogen-bond donors (Lipinski definition) is 3. The predicted octanol–water partition coefficient (Wildman–Crippen LogP) is 4.88. The number of amides is 2. The van der Waals surface area contributed by atoms with Crippen LogP contribution in [0.25, 0.3) is 6.08 Å². The third-order valence-corrected chi connectivity index (χ3v) is 14.0. The highest BCUT2D eigenvalue weighted by atomic mass is 16.8. The van der Waals surface area contributed by atoms with E-state index in [4.69, 9.17) is 28.5 Å². The largest absolute Gasteiger partial charge is 0.460 e. The van der Waals surface area contributed by atoms with Crippen molar-refractivity contribution >= 4 is 29.8 Å². The van der Waals surface area contributed by atoms with Gasteiger partial charge in [0.05, 0.1) is 31.4 Å². The first-order chi connectivity index (χ1) is 30.8. The molecule has 14 nitrogen and oxygen atoms in total. The number of hydroxylamine groups is 2. The predicted molar refractivity (Wildman–Crippen MR) is 231 cm³/mol. The molecule has 7 aliphatic rings. The summed E-state index contributed by atoms with van der Waals surface area (Å²) in [5.41, 5.74) is 3.18. The molecule has 4 saturated heterocycles. The zero-order chi connectivity index (χ0) is 44.4. The maximum atomic E-state index is 15.0. The van der Waals surface area contributed by atoms with E-state index in [1.54, 1.807) is 50.1 Å². The molecule has 4 heterocycles. The van der Waals surface area contributed by atoms with E-state index in [0.717, 1.165) is 41.5 Å². The second-order valence-electron chi connectivity index (χ2n) is 19.7. The second-order valence-corrected chi connectivity index (χ2v) is 19.7. The standard InChI is InChI=1S/C50H57N3O11/c1-48(2,3)61-40(55)20-18-36(28-54)52-45(56)33-10-6-7-32(21-33)26-51-47(58)50-25-39-41-42(63-49(62-41)23-34-8-4-5-9-35(34)24-49)44(50)64-53(43(50)46(57)60-39)27-31-15-12-29(13-16-31)11-14-30-17-19-37-38(22-30)59-37/h4-16,21,30,36-39,41-44,54H,17-20,22-28H2,1-3H3,(H,51,58)(H,52,56). The maximum absolute atomic E-state index is 15.0. The van der Waals surface area contributed by atoms with Gasteiger partial charge in [0.25, 0.3) is 5.91 Å². The molecule has 10 unspecified atom stereocenters. The van der Waals surface area contributed by atoms with Crippen molar-refractivity contribution < 1.29 is 52.8 Å². The number of fused-ring (bicyclic) bond motifs is 6. The molecule has 3 aliphatic carbocycles. The highest BCUT2D eigenvalue weighted by molar-refractivity contribution is 5.95. The Hall–Kier alpha value is -4.96. The van der Waals surface area contributed by atoms with E-state index in [2.05, 4.69) is 47.1 Å². The van der Waals surface area contributed by atoms with E-state index in [0.29, 0.717) is 42.1 Å². The molecule has 1 spiro atoms. The topological polar surface area (TPSA) is 174 Å². The van der Waals surface area contributed by atoms with Crippen LogP contribution in [-0.2, 0) is 68.8 Å². The lowest BCUT2D eigenvalue weighted by Crippen LogP contribution is -2.69. The van der Waals surface area contributed by atoms with Crippen LogP contribution in [0, 0.1) is 11.3 Å². The van der Waals surface area contributed by atoms with Gasteiger partial charge < -0.3 is 39.4 Å². The number of aliphatic hydroxyl groups is 1. The van der Waals surface area contributed by atoms with Crippen LogP contribution in [0.4, 0.5) is 0 Å². The lowest BCUT2D eigenvalue weighted by molar-refractivity contribution is -0.217. The van der Waals surface area contributed by atoms with Crippen molar-refractivity contribution in [1.29, 1.82) is 0 Å². The van der Waals surface area contributed by atoms with Gasteiger partial charge in [0.1, 0.15) is 35.4 Å². The van der Waals surface area contributed by atoms with Crippen molar-refractivity contribution in [3.63, 3.8) is 0 Å². The number of nitrogens with one attached hydrogen (secondary N) is 2. The second kappa shape index (κ2) is 16.8. The molecule has 3 N–H and O–H groups in total. The Morgan fingerprint density at radius 3 is 2.44 bits per heavy atom. The Balaban J connectivity index is 0.864. The molecular weight excluding hydrogens is 819 g/mol. The van der Waals surface area contributed by atoms with Gasteiger partial charge in [0.2, 0.25) is 5.91 Å². The number of allylic oxidation sites excluding steroid dienone is 1. The summed E-state index contributed by atoms with van der Waals surface area (Å²) in [5, 5.41) is 17.5. The summed E-state index contributed by atoms with van der Waals surface area (Å²) in [6.45, 7) is 5.25. The average molecular weight is 876 g/mol. The van der Waals surface area contributed by atoms with Gasteiger partial charge in [-0.3, -0.25) is 24.0 Å². The van der Waals surface area contributed by atoms with Gasteiger partial charge in [-0.25, -0.2) is 0 Å². The zero-order valence-electron chi connectivity index (χ0n) is 36.5. The molecule has 338 valence electrons. The molecule has 14 heteroatoms. The summed E-state index contributed by atoms with van der Waals surface area (Å²) in [7, 11) is 0. The summed E-state index contributed by atoms with van der Waals surface area (Å²) >= 11 is 0. The van der Waals surface area contributed by atoms with Crippen LogP contribution in [-0.4, -0.2) is 101 Å². The number of epoxide rings is 1. The Morgan fingerprint density at radius 1 is 0.938 bits per heavy atom. The fourth-order valence-electron chi connectivity index (χ4n) is 10.9. The van der Waals surface area contributed by atoms with Crippen molar-refractivity contribution in [2.45, 2.75) is 145 Å². The van der Waals surface area contributed by atoms with Crippen molar-refractivity contribution in [3.05, 3.63) is 112 Å². The Labute approximate surface area is 372 Å². The first-order valence-electron chi connectivity index (χ1n) is 22.8. The molecule has 64 heavy (non-hydrogen) atoms. The van der Waals surface area contributed by atoms with Crippen LogP contribution in [0.2, 0.25) is 0 Å². The van der Waals surface area contributed by atoms with Crippen LogP contribution in [0.15, 0.2) is 78.9 Å². The third-order valence-electron chi connectivity index (χ3n) is 14.0. The Bertz CT molecular complexity index is 2300. The Morgan fingerprint density at radius 2 is 1.70 bits per heavy atom. The van der Waals surface area contributed by atoms with Crippen molar-refractivity contribution in [1.82, 2.24) is 15.7 Å². The van der Waals surface area contributed by atoms with E-state index >= 15 is 0 Å². The first kappa shape index (κ1) is 43.0. The number of ether oxygens (including phenoxy) is 5. The van der Waals surface area contributed by atoms with Gasteiger partial charge in [0.15, 0.2) is 11.8 Å². The molecule has 0 radical (unpaired) electrons. The van der Waals surface area contributed by atoms with Gasteiger partial charge in [0, 0.05) is 37.8 Å². The zero-order valence-corrected chi connectivity index (χ0v) is 36.5. The van der Waals surface area contributed by atoms with Crippen molar-refractivity contribution in [2.75, 3.05) is 6.61 Å². The number of benzene rings is 3. The summed E-state index contributed by atoms with van der Waals surface area (Å²) in [6, 6.07) is 21.4. The van der Waals surface area contributed by atoms with E-state index in [1.807, 2.05) is 24.3 Å². The molecule has 2 saturated carbocycles. The number of esters is 2. The number of rotatable bonds is 13. The number of aliphatic hydroxyl groups excluding tert-OH is 1. The van der Waals surface area contributed by atoms with Gasteiger partial charge in [-0.2, -0.15) is 5.06 Å². The lowest BCUT2D eigenvalue weighted by atomic mass is 9.62. The lowest BCUT2D eigenvalue weighted by Gasteiger charge is -2.48. The summed E-state index contributed by atoms with van der Waals surface area (Å²) < 4.78 is 31.0. The van der Waals surface area contributed by atoms with E-state index in [1.165, 1.54) is 0 Å². The number of carbonyl (C=O) groups excluding carboxylic acids is 4. The van der Waals surface area contributed by atoms with Crippen molar-refractivity contribution in [3.8, 4) is 0 Å². The molecule has 10 atom stereocenters. The minimum atomic E-state index is -1.38. The molecule has 6 fully saturated rings. The van der Waals surface area contributed by atoms with Crippen LogP contribution >= 0.6 is 0 Å². The van der Waals surface area contributed by atoms with Gasteiger partial charge in [-0.05, 0) is 92.3 Å².